The van der Waals surface area contributed by atoms with Crippen LogP contribution in [0.1, 0.15) is 48.5 Å². The number of alkyl carbamates (subject to hydrolysis) is 1. The van der Waals surface area contributed by atoms with E-state index < -0.39 is 29.5 Å². The van der Waals surface area contributed by atoms with Crippen LogP contribution < -0.4 is 16.0 Å². The third kappa shape index (κ3) is 7.50. The highest BCUT2D eigenvalue weighted by atomic mass is 19.2. The average molecular weight is 476 g/mol. The lowest BCUT2D eigenvalue weighted by Gasteiger charge is -2.30. The van der Waals surface area contributed by atoms with Crippen LogP contribution in [0.2, 0.25) is 0 Å². The summed E-state index contributed by atoms with van der Waals surface area (Å²) in [6.07, 6.45) is 2.33. The summed E-state index contributed by atoms with van der Waals surface area (Å²) in [6, 6.07) is 8.71. The molecule has 1 aliphatic rings. The summed E-state index contributed by atoms with van der Waals surface area (Å²) < 4.78 is 45.2. The third-order valence-electron chi connectivity index (χ3n) is 5.39. The number of rotatable bonds is 6. The molecule has 1 aliphatic carbocycles. The van der Waals surface area contributed by atoms with Crippen LogP contribution in [0.3, 0.4) is 0 Å². The molecule has 182 valence electrons. The Bertz CT molecular complexity index is 1040. The van der Waals surface area contributed by atoms with Crippen molar-refractivity contribution in [3.63, 3.8) is 0 Å². The molecular weight excluding hydrogens is 449 g/mol. The highest BCUT2D eigenvalue weighted by Gasteiger charge is 2.24. The van der Waals surface area contributed by atoms with Crippen LogP contribution in [0.4, 0.5) is 18.0 Å². The van der Waals surface area contributed by atoms with Crippen molar-refractivity contribution < 1.29 is 27.5 Å². The van der Waals surface area contributed by atoms with Gasteiger partial charge in [0.05, 0.1) is 13.2 Å². The first-order valence-electron chi connectivity index (χ1n) is 11.1. The van der Waals surface area contributed by atoms with E-state index in [4.69, 9.17) is 4.74 Å². The first-order valence-corrected chi connectivity index (χ1v) is 11.1. The molecule has 0 bridgehead atoms. The second kappa shape index (κ2) is 12.1. The Morgan fingerprint density at radius 3 is 2.32 bits per heavy atom. The topological polar surface area (TPSA) is 91.8 Å². The number of nitrogens with zero attached hydrogens (tertiary/aromatic N) is 1. The number of carbonyl (C=O) groups excluding carboxylic acids is 2. The van der Waals surface area contributed by atoms with Crippen LogP contribution in [0, 0.1) is 17.5 Å². The molecule has 0 aromatic heterocycles. The van der Waals surface area contributed by atoms with E-state index in [1.165, 1.54) is 18.2 Å². The molecule has 3 N–H and O–H groups in total. The number of amides is 2. The largest absolute Gasteiger partial charge is 0.450 e. The number of halogens is 3. The highest BCUT2D eigenvalue weighted by Crippen LogP contribution is 2.19. The molecule has 7 nitrogen and oxygen atoms in total. The average Bonchev–Trinajstić information content (AvgIpc) is 2.80. The van der Waals surface area contributed by atoms with E-state index in [2.05, 4.69) is 20.9 Å². The number of hydrogen-bond donors (Lipinski definition) is 3. The summed E-state index contributed by atoms with van der Waals surface area (Å²) in [4.78, 5) is 28.6. The Hall–Kier alpha value is -3.56. The standard InChI is InChI=1S/C24H27F3N4O3/c1-2-34-24(33)30-19-9-7-18(8-10-19)29-23(28-14-15-4-3-5-17(25)12-15)31-22(32)16-6-11-20(26)21(27)13-16/h3-6,11-13,18-19H,2,7-10,14H2,1H3,(H,30,33)(H2,28,29,31,32). The van der Waals surface area contributed by atoms with Crippen molar-refractivity contribution in [1.82, 2.24) is 16.0 Å². The molecule has 0 atom stereocenters. The zero-order valence-electron chi connectivity index (χ0n) is 18.7. The van der Waals surface area contributed by atoms with Crippen LogP contribution in [0.5, 0.6) is 0 Å². The summed E-state index contributed by atoms with van der Waals surface area (Å²) in [5.74, 6) is -3.11. The lowest BCUT2D eigenvalue weighted by Crippen LogP contribution is -2.49. The van der Waals surface area contributed by atoms with Crippen molar-refractivity contribution in [3.05, 3.63) is 71.0 Å². The maximum absolute atomic E-state index is 13.6. The van der Waals surface area contributed by atoms with Gasteiger partial charge in [-0.1, -0.05) is 12.1 Å². The molecule has 0 radical (unpaired) electrons. The molecule has 3 rings (SSSR count). The van der Waals surface area contributed by atoms with Crippen molar-refractivity contribution in [2.75, 3.05) is 6.61 Å². The van der Waals surface area contributed by atoms with Gasteiger partial charge in [-0.3, -0.25) is 10.1 Å². The van der Waals surface area contributed by atoms with Gasteiger partial charge < -0.3 is 15.4 Å². The van der Waals surface area contributed by atoms with Crippen LogP contribution >= 0.6 is 0 Å². The van der Waals surface area contributed by atoms with Crippen molar-refractivity contribution in [2.24, 2.45) is 4.99 Å². The molecule has 2 amide bonds. The number of benzene rings is 2. The Balaban J connectivity index is 1.66. The van der Waals surface area contributed by atoms with Gasteiger partial charge in [-0.15, -0.1) is 0 Å². The predicted octanol–water partition coefficient (Wildman–Crippen LogP) is 4.04. The molecule has 0 unspecified atom stereocenters. The molecule has 1 fully saturated rings. The van der Waals surface area contributed by atoms with E-state index in [9.17, 15) is 22.8 Å². The molecule has 1 saturated carbocycles. The molecule has 0 aliphatic heterocycles. The summed E-state index contributed by atoms with van der Waals surface area (Å²) in [6.45, 7) is 2.13. The molecule has 0 spiro atoms. The first-order chi connectivity index (χ1) is 16.3. The fourth-order valence-corrected chi connectivity index (χ4v) is 3.66. The van der Waals surface area contributed by atoms with Crippen molar-refractivity contribution in [2.45, 2.75) is 51.2 Å². The van der Waals surface area contributed by atoms with E-state index in [1.807, 2.05) is 0 Å². The Morgan fingerprint density at radius 2 is 1.68 bits per heavy atom. The molecule has 10 heteroatoms. The zero-order chi connectivity index (χ0) is 24.5. The number of carbonyl (C=O) groups is 2. The van der Waals surface area contributed by atoms with Gasteiger partial charge in [0.25, 0.3) is 5.91 Å². The van der Waals surface area contributed by atoms with Crippen LogP contribution in [-0.4, -0.2) is 36.7 Å². The molecule has 2 aromatic rings. The van der Waals surface area contributed by atoms with E-state index in [0.29, 0.717) is 37.9 Å². The lowest BCUT2D eigenvalue weighted by molar-refractivity contribution is 0.0974. The van der Waals surface area contributed by atoms with Gasteiger partial charge in [-0.05, 0) is 68.5 Å². The maximum Gasteiger partial charge on any atom is 0.407 e. The van der Waals surface area contributed by atoms with Gasteiger partial charge in [-0.25, -0.2) is 23.0 Å². The van der Waals surface area contributed by atoms with Gasteiger partial charge in [0.2, 0.25) is 0 Å². The van der Waals surface area contributed by atoms with Gasteiger partial charge in [-0.2, -0.15) is 0 Å². The highest BCUT2D eigenvalue weighted by molar-refractivity contribution is 6.05. The molecule has 0 saturated heterocycles. The fraction of sp³-hybridized carbons (Fsp3) is 0.375. The molecule has 34 heavy (non-hydrogen) atoms. The Labute approximate surface area is 195 Å². The quantitative estimate of drug-likeness (QED) is 0.434. The third-order valence-corrected chi connectivity index (χ3v) is 5.39. The van der Waals surface area contributed by atoms with Crippen molar-refractivity contribution in [1.29, 1.82) is 0 Å². The number of ether oxygens (including phenoxy) is 1. The van der Waals surface area contributed by atoms with Crippen molar-refractivity contribution >= 4 is 18.0 Å². The maximum atomic E-state index is 13.6. The second-order valence-electron chi connectivity index (χ2n) is 7.94. The van der Waals surface area contributed by atoms with Gasteiger partial charge in [0.15, 0.2) is 17.6 Å². The van der Waals surface area contributed by atoms with E-state index in [-0.39, 0.29) is 30.2 Å². The van der Waals surface area contributed by atoms with E-state index in [0.717, 1.165) is 12.1 Å². The fourth-order valence-electron chi connectivity index (χ4n) is 3.66. The number of hydrogen-bond acceptors (Lipinski definition) is 4. The molecule has 2 aromatic carbocycles. The first kappa shape index (κ1) is 25.1. The lowest BCUT2D eigenvalue weighted by atomic mass is 9.91. The van der Waals surface area contributed by atoms with Gasteiger partial charge in [0.1, 0.15) is 5.82 Å². The summed E-state index contributed by atoms with van der Waals surface area (Å²) in [5, 5.41) is 8.60. The van der Waals surface area contributed by atoms with E-state index in [1.54, 1.807) is 19.1 Å². The predicted molar refractivity (Wildman–Crippen MR) is 121 cm³/mol. The van der Waals surface area contributed by atoms with E-state index >= 15 is 0 Å². The van der Waals surface area contributed by atoms with Crippen LogP contribution in [-0.2, 0) is 11.3 Å². The summed E-state index contributed by atoms with van der Waals surface area (Å²) in [7, 11) is 0. The van der Waals surface area contributed by atoms with Gasteiger partial charge >= 0.3 is 6.09 Å². The Kier molecular flexibility index (Phi) is 8.89. The Morgan fingerprint density at radius 1 is 0.971 bits per heavy atom. The van der Waals surface area contributed by atoms with Gasteiger partial charge in [0, 0.05) is 17.6 Å². The number of guanidine groups is 1. The minimum Gasteiger partial charge on any atom is -0.450 e. The normalized spacial score (nSPS) is 18.2. The SMILES string of the molecule is CCOC(=O)NC1CCC(NC(=NCc2cccc(F)c2)NC(=O)c2ccc(F)c(F)c2)CC1. The number of aliphatic imine (C=N–C) groups is 1. The second-order valence-corrected chi connectivity index (χ2v) is 7.94. The monoisotopic (exact) mass is 476 g/mol. The van der Waals surface area contributed by atoms with Crippen LogP contribution in [0.15, 0.2) is 47.5 Å². The minimum atomic E-state index is -1.13. The minimum absolute atomic E-state index is 0.0124. The summed E-state index contributed by atoms with van der Waals surface area (Å²) in [5.41, 5.74) is 0.533. The van der Waals surface area contributed by atoms with Crippen LogP contribution in [0.25, 0.3) is 0 Å². The zero-order valence-corrected chi connectivity index (χ0v) is 18.7. The smallest absolute Gasteiger partial charge is 0.407 e. The molecular formula is C24H27F3N4O3. The van der Waals surface area contributed by atoms with Crippen molar-refractivity contribution in [3.8, 4) is 0 Å². The summed E-state index contributed by atoms with van der Waals surface area (Å²) >= 11 is 0. The number of nitrogens with one attached hydrogen (secondary N) is 3. The molecule has 0 heterocycles.